The van der Waals surface area contributed by atoms with Crippen molar-refractivity contribution in [3.05, 3.63) is 35.6 Å². The monoisotopic (exact) mass is 334 g/mol. The van der Waals surface area contributed by atoms with Crippen LogP contribution >= 0.6 is 0 Å². The van der Waals surface area contributed by atoms with Crippen LogP contribution in [0.1, 0.15) is 37.7 Å². The van der Waals surface area contributed by atoms with E-state index in [1.165, 1.54) is 6.07 Å². The summed E-state index contributed by atoms with van der Waals surface area (Å²) in [6.45, 7) is 0.782. The van der Waals surface area contributed by atoms with Crippen molar-refractivity contribution in [3.63, 3.8) is 0 Å². The molecule has 1 atom stereocenters. The quantitative estimate of drug-likeness (QED) is 0.771. The Kier molecular flexibility index (Phi) is 5.26. The van der Waals surface area contributed by atoms with Crippen molar-refractivity contribution in [2.75, 3.05) is 13.1 Å². The lowest BCUT2D eigenvalue weighted by atomic mass is 9.90. The number of halogens is 1. The van der Waals surface area contributed by atoms with Crippen molar-refractivity contribution >= 4 is 11.8 Å². The first kappa shape index (κ1) is 17.0. The van der Waals surface area contributed by atoms with Gasteiger partial charge in [0, 0.05) is 37.5 Å². The molecule has 1 aliphatic carbocycles. The lowest BCUT2D eigenvalue weighted by molar-refractivity contribution is -0.140. The van der Waals surface area contributed by atoms with Gasteiger partial charge in [-0.15, -0.1) is 0 Å². The number of aliphatic hydroxyl groups excluding tert-OH is 1. The van der Waals surface area contributed by atoms with Crippen LogP contribution in [0.5, 0.6) is 0 Å². The molecule has 1 aliphatic heterocycles. The van der Waals surface area contributed by atoms with Gasteiger partial charge in [0.25, 0.3) is 0 Å². The molecule has 3 rings (SSSR count). The summed E-state index contributed by atoms with van der Waals surface area (Å²) in [6.07, 6.45) is 2.84. The Morgan fingerprint density at radius 1 is 1.21 bits per heavy atom. The minimum Gasteiger partial charge on any atom is -0.390 e. The Morgan fingerprint density at radius 3 is 2.46 bits per heavy atom. The number of nitrogens with zero attached hydrogens (tertiary/aromatic N) is 2. The topological polar surface area (TPSA) is 60.9 Å². The second-order valence-corrected chi connectivity index (χ2v) is 6.66. The summed E-state index contributed by atoms with van der Waals surface area (Å²) >= 11 is 0. The molecular formula is C18H23FN2O3. The Balaban J connectivity index is 1.62. The van der Waals surface area contributed by atoms with Gasteiger partial charge in [-0.3, -0.25) is 19.4 Å². The van der Waals surface area contributed by atoms with Crippen molar-refractivity contribution in [2.24, 2.45) is 0 Å². The highest BCUT2D eigenvalue weighted by atomic mass is 19.1. The molecule has 1 saturated heterocycles. The van der Waals surface area contributed by atoms with Gasteiger partial charge in [0.15, 0.2) is 0 Å². The van der Waals surface area contributed by atoms with E-state index in [1.807, 2.05) is 0 Å². The molecule has 1 N–H and O–H groups in total. The molecule has 0 aromatic heterocycles. The molecule has 0 unspecified atom stereocenters. The zero-order chi connectivity index (χ0) is 17.1. The molecule has 1 heterocycles. The molecule has 0 spiro atoms. The molecule has 2 fully saturated rings. The Labute approximate surface area is 141 Å². The Morgan fingerprint density at radius 2 is 1.88 bits per heavy atom. The normalized spacial score (nSPS) is 19.9. The van der Waals surface area contributed by atoms with Crippen LogP contribution in [0.4, 0.5) is 4.39 Å². The molecule has 1 aromatic carbocycles. The molecule has 0 bridgehead atoms. The fourth-order valence-electron chi connectivity index (χ4n) is 3.31. The first-order valence-corrected chi connectivity index (χ1v) is 8.53. The number of carbonyl (C=O) groups excluding carboxylic acids is 2. The molecule has 0 radical (unpaired) electrons. The van der Waals surface area contributed by atoms with E-state index in [-0.39, 0.29) is 37.0 Å². The van der Waals surface area contributed by atoms with E-state index in [1.54, 1.807) is 18.2 Å². The molecule has 24 heavy (non-hydrogen) atoms. The Hall–Kier alpha value is -1.79. The Bertz CT molecular complexity index is 602. The van der Waals surface area contributed by atoms with E-state index in [4.69, 9.17) is 0 Å². The van der Waals surface area contributed by atoms with Crippen molar-refractivity contribution < 1.29 is 19.1 Å². The molecule has 6 heteroatoms. The van der Waals surface area contributed by atoms with Gasteiger partial charge in [-0.25, -0.2) is 4.39 Å². The van der Waals surface area contributed by atoms with Crippen LogP contribution in [0, 0.1) is 5.82 Å². The standard InChI is InChI=1S/C18H23FN2O3/c19-16-7-2-1-4-13(16)10-20(14-5-3-6-14)11-15(22)12-21-17(23)8-9-18(21)24/h1-2,4,7,14-15,22H,3,5-6,8-12H2/t15-/m1/s1. The lowest BCUT2D eigenvalue weighted by Crippen LogP contribution is -2.47. The maximum atomic E-state index is 13.9. The summed E-state index contributed by atoms with van der Waals surface area (Å²) in [6, 6.07) is 6.97. The zero-order valence-electron chi connectivity index (χ0n) is 13.7. The van der Waals surface area contributed by atoms with Crippen LogP contribution in [0.15, 0.2) is 24.3 Å². The summed E-state index contributed by atoms with van der Waals surface area (Å²) in [7, 11) is 0. The molecule has 130 valence electrons. The second-order valence-electron chi connectivity index (χ2n) is 6.66. The minimum absolute atomic E-state index is 0.0260. The zero-order valence-corrected chi connectivity index (χ0v) is 13.7. The smallest absolute Gasteiger partial charge is 0.229 e. The summed E-state index contributed by atoms with van der Waals surface area (Å²) in [4.78, 5) is 26.6. The van der Waals surface area contributed by atoms with Crippen LogP contribution in [0.25, 0.3) is 0 Å². The highest BCUT2D eigenvalue weighted by Gasteiger charge is 2.32. The van der Waals surface area contributed by atoms with Crippen LogP contribution in [0.3, 0.4) is 0 Å². The molecular weight excluding hydrogens is 311 g/mol. The average Bonchev–Trinajstić information content (AvgIpc) is 2.79. The molecule has 5 nitrogen and oxygen atoms in total. The molecule has 1 aromatic rings. The number of carbonyl (C=O) groups is 2. The maximum Gasteiger partial charge on any atom is 0.229 e. The molecule has 2 amide bonds. The van der Waals surface area contributed by atoms with Crippen LogP contribution < -0.4 is 0 Å². The van der Waals surface area contributed by atoms with Crippen molar-refractivity contribution in [1.82, 2.24) is 9.80 Å². The third-order valence-corrected chi connectivity index (χ3v) is 4.92. The van der Waals surface area contributed by atoms with Crippen molar-refractivity contribution in [3.8, 4) is 0 Å². The fraction of sp³-hybridized carbons (Fsp3) is 0.556. The number of hydrogen-bond donors (Lipinski definition) is 1. The predicted molar refractivity (Wildman–Crippen MR) is 86.4 cm³/mol. The van der Waals surface area contributed by atoms with Gasteiger partial charge in [-0.05, 0) is 18.9 Å². The first-order valence-electron chi connectivity index (χ1n) is 8.53. The summed E-state index contributed by atoms with van der Waals surface area (Å²) in [5.74, 6) is -0.687. The highest BCUT2D eigenvalue weighted by Crippen LogP contribution is 2.27. The minimum atomic E-state index is -0.816. The van der Waals surface area contributed by atoms with E-state index < -0.39 is 6.10 Å². The average molecular weight is 334 g/mol. The summed E-state index contributed by atoms with van der Waals surface area (Å²) in [5.41, 5.74) is 0.602. The number of amides is 2. The maximum absolute atomic E-state index is 13.9. The van der Waals surface area contributed by atoms with Gasteiger partial charge in [0.2, 0.25) is 11.8 Å². The molecule has 2 aliphatic rings. The van der Waals surface area contributed by atoms with Gasteiger partial charge in [-0.2, -0.15) is 0 Å². The van der Waals surface area contributed by atoms with Crippen LogP contribution in [-0.2, 0) is 16.1 Å². The fourth-order valence-corrected chi connectivity index (χ4v) is 3.31. The number of benzene rings is 1. The second kappa shape index (κ2) is 7.40. The van der Waals surface area contributed by atoms with Gasteiger partial charge in [-0.1, -0.05) is 24.6 Å². The van der Waals surface area contributed by atoms with Crippen molar-refractivity contribution in [1.29, 1.82) is 0 Å². The largest absolute Gasteiger partial charge is 0.390 e. The van der Waals surface area contributed by atoms with Crippen LogP contribution in [0.2, 0.25) is 0 Å². The van der Waals surface area contributed by atoms with Gasteiger partial charge in [0.1, 0.15) is 5.82 Å². The third-order valence-electron chi connectivity index (χ3n) is 4.92. The van der Waals surface area contributed by atoms with E-state index >= 15 is 0 Å². The van der Waals surface area contributed by atoms with Gasteiger partial charge >= 0.3 is 0 Å². The number of likely N-dealkylation sites (tertiary alicyclic amines) is 1. The number of hydrogen-bond acceptors (Lipinski definition) is 4. The third kappa shape index (κ3) is 3.82. The van der Waals surface area contributed by atoms with E-state index in [2.05, 4.69) is 4.90 Å². The number of imide groups is 1. The highest BCUT2D eigenvalue weighted by molar-refractivity contribution is 6.01. The number of β-amino-alcohol motifs (C(OH)–C–C–N with tert-alkyl or cyclic N) is 1. The lowest BCUT2D eigenvalue weighted by Gasteiger charge is -2.39. The van der Waals surface area contributed by atoms with Gasteiger partial charge in [0.05, 0.1) is 12.6 Å². The predicted octanol–water partition coefficient (Wildman–Crippen LogP) is 1.69. The summed E-state index contributed by atoms with van der Waals surface area (Å²) in [5, 5.41) is 10.3. The van der Waals surface area contributed by atoms with E-state index in [0.717, 1.165) is 24.2 Å². The van der Waals surface area contributed by atoms with E-state index in [0.29, 0.717) is 24.7 Å². The van der Waals surface area contributed by atoms with E-state index in [9.17, 15) is 19.1 Å². The first-order chi connectivity index (χ1) is 11.5. The number of rotatable bonds is 7. The van der Waals surface area contributed by atoms with Crippen LogP contribution in [-0.4, -0.2) is 52.0 Å². The number of aliphatic hydroxyl groups is 1. The SMILES string of the molecule is O=C1CCC(=O)N1C[C@H](O)CN(Cc1ccccc1F)C1CCC1. The summed E-state index contributed by atoms with van der Waals surface area (Å²) < 4.78 is 13.9. The molecule has 1 saturated carbocycles. The van der Waals surface area contributed by atoms with Crippen molar-refractivity contribution in [2.45, 2.75) is 50.8 Å². The van der Waals surface area contributed by atoms with Gasteiger partial charge < -0.3 is 5.11 Å².